The number of carbonyl (C=O) groups excluding carboxylic acids is 1. The molecule has 0 saturated heterocycles. The van der Waals surface area contributed by atoms with Crippen molar-refractivity contribution in [3.63, 3.8) is 0 Å². The predicted molar refractivity (Wildman–Crippen MR) is 93.0 cm³/mol. The smallest absolute Gasteiger partial charge is 0.277 e. The van der Waals surface area contributed by atoms with Gasteiger partial charge in [-0.05, 0) is 49.2 Å². The van der Waals surface area contributed by atoms with Gasteiger partial charge in [0, 0.05) is 10.0 Å². The van der Waals surface area contributed by atoms with Crippen molar-refractivity contribution in [1.29, 1.82) is 0 Å². The Morgan fingerprint density at radius 3 is 2.87 bits per heavy atom. The molecule has 0 spiro atoms. The molecule has 1 amide bonds. The topological polar surface area (TPSA) is 70.9 Å². The van der Waals surface area contributed by atoms with E-state index in [9.17, 15) is 9.90 Å². The number of aryl methyl sites for hydroxylation is 2. The quantitative estimate of drug-likeness (QED) is 0.621. The van der Waals surface area contributed by atoms with E-state index in [2.05, 4.69) is 26.5 Å². The molecule has 0 atom stereocenters. The second-order valence-corrected chi connectivity index (χ2v) is 5.97. The van der Waals surface area contributed by atoms with Gasteiger partial charge >= 0.3 is 0 Å². The molecule has 0 radical (unpaired) electrons. The van der Waals surface area contributed by atoms with Gasteiger partial charge in [0.1, 0.15) is 11.5 Å². The zero-order valence-corrected chi connectivity index (χ0v) is 14.4. The van der Waals surface area contributed by atoms with Gasteiger partial charge in [0.05, 0.1) is 6.21 Å². The lowest BCUT2D eigenvalue weighted by Crippen LogP contribution is -2.24. The molecule has 2 aromatic rings. The average Bonchev–Trinajstić information content (AvgIpc) is 2.51. The Kier molecular flexibility index (Phi) is 5.76. The molecule has 0 bridgehead atoms. The molecule has 23 heavy (non-hydrogen) atoms. The Balaban J connectivity index is 1.89. The van der Waals surface area contributed by atoms with Gasteiger partial charge < -0.3 is 9.84 Å². The second-order valence-electron chi connectivity index (χ2n) is 5.05. The SMILES string of the molecule is Cc1ccc(C)c(OCC(=O)N/N=C/c2cc(Br)ccc2O)c1. The maximum Gasteiger partial charge on any atom is 0.277 e. The first-order chi connectivity index (χ1) is 11.0. The molecule has 0 fully saturated rings. The minimum Gasteiger partial charge on any atom is -0.507 e. The molecule has 2 N–H and O–H groups in total. The minimum atomic E-state index is -0.378. The lowest BCUT2D eigenvalue weighted by molar-refractivity contribution is -0.123. The van der Waals surface area contributed by atoms with E-state index >= 15 is 0 Å². The van der Waals surface area contributed by atoms with Gasteiger partial charge in [-0.25, -0.2) is 5.43 Å². The summed E-state index contributed by atoms with van der Waals surface area (Å²) in [4.78, 5) is 11.7. The Hall–Kier alpha value is -2.34. The summed E-state index contributed by atoms with van der Waals surface area (Å²) < 4.78 is 6.29. The van der Waals surface area contributed by atoms with Gasteiger partial charge in [-0.3, -0.25) is 4.79 Å². The first-order valence-electron chi connectivity index (χ1n) is 6.96. The van der Waals surface area contributed by atoms with Crippen molar-refractivity contribution in [3.05, 3.63) is 57.6 Å². The molecule has 0 saturated carbocycles. The summed E-state index contributed by atoms with van der Waals surface area (Å²) in [7, 11) is 0. The molecular formula is C17H17BrN2O3. The van der Waals surface area contributed by atoms with E-state index in [1.165, 1.54) is 12.3 Å². The highest BCUT2D eigenvalue weighted by molar-refractivity contribution is 9.10. The zero-order chi connectivity index (χ0) is 16.8. The Morgan fingerprint density at radius 1 is 1.30 bits per heavy atom. The van der Waals surface area contributed by atoms with E-state index in [4.69, 9.17) is 4.74 Å². The van der Waals surface area contributed by atoms with Gasteiger partial charge in [0.2, 0.25) is 0 Å². The number of hydrazone groups is 1. The largest absolute Gasteiger partial charge is 0.507 e. The second kappa shape index (κ2) is 7.78. The number of nitrogens with one attached hydrogen (secondary N) is 1. The molecule has 6 heteroatoms. The summed E-state index contributed by atoms with van der Waals surface area (Å²) in [6, 6.07) is 10.7. The van der Waals surface area contributed by atoms with E-state index in [1.807, 2.05) is 32.0 Å². The third-order valence-corrected chi connectivity index (χ3v) is 3.58. The van der Waals surface area contributed by atoms with Crippen molar-refractivity contribution in [2.45, 2.75) is 13.8 Å². The Morgan fingerprint density at radius 2 is 2.09 bits per heavy atom. The predicted octanol–water partition coefficient (Wildman–Crippen LogP) is 3.30. The number of amides is 1. The third kappa shape index (κ3) is 5.10. The molecule has 0 heterocycles. The highest BCUT2D eigenvalue weighted by atomic mass is 79.9. The zero-order valence-electron chi connectivity index (χ0n) is 12.8. The van der Waals surface area contributed by atoms with Gasteiger partial charge in [-0.15, -0.1) is 0 Å². The van der Waals surface area contributed by atoms with Crippen molar-refractivity contribution < 1.29 is 14.6 Å². The summed E-state index contributed by atoms with van der Waals surface area (Å²) >= 11 is 3.30. The first kappa shape index (κ1) is 17.0. The number of phenols is 1. The summed E-state index contributed by atoms with van der Waals surface area (Å²) in [6.45, 7) is 3.74. The molecule has 5 nitrogen and oxygen atoms in total. The number of hydrogen-bond acceptors (Lipinski definition) is 4. The molecule has 2 rings (SSSR count). The maximum atomic E-state index is 11.7. The van der Waals surface area contributed by atoms with Gasteiger partial charge in [-0.1, -0.05) is 28.1 Å². The van der Waals surface area contributed by atoms with E-state index < -0.39 is 0 Å². The van der Waals surface area contributed by atoms with Crippen LogP contribution in [0.15, 0.2) is 46.0 Å². The molecular weight excluding hydrogens is 360 g/mol. The van der Waals surface area contributed by atoms with Crippen LogP contribution in [-0.2, 0) is 4.79 Å². The highest BCUT2D eigenvalue weighted by Gasteiger charge is 2.05. The van der Waals surface area contributed by atoms with Crippen molar-refractivity contribution in [1.82, 2.24) is 5.43 Å². The maximum absolute atomic E-state index is 11.7. The number of benzene rings is 2. The van der Waals surface area contributed by atoms with Crippen LogP contribution >= 0.6 is 15.9 Å². The van der Waals surface area contributed by atoms with Crippen LogP contribution in [0.1, 0.15) is 16.7 Å². The van der Waals surface area contributed by atoms with E-state index in [1.54, 1.807) is 12.1 Å². The Bertz CT molecular complexity index is 745. The van der Waals surface area contributed by atoms with Crippen LogP contribution in [-0.4, -0.2) is 23.8 Å². The fourth-order valence-electron chi connectivity index (χ4n) is 1.84. The number of aromatic hydroxyl groups is 1. The highest BCUT2D eigenvalue weighted by Crippen LogP contribution is 2.20. The fraction of sp³-hybridized carbons (Fsp3) is 0.176. The average molecular weight is 377 g/mol. The summed E-state index contributed by atoms with van der Waals surface area (Å²) in [5.74, 6) is 0.378. The van der Waals surface area contributed by atoms with Crippen LogP contribution in [0.5, 0.6) is 11.5 Å². The van der Waals surface area contributed by atoms with Gasteiger partial charge in [-0.2, -0.15) is 5.10 Å². The molecule has 0 aliphatic rings. The van der Waals surface area contributed by atoms with E-state index in [0.717, 1.165) is 15.6 Å². The van der Waals surface area contributed by atoms with Gasteiger partial charge in [0.25, 0.3) is 5.91 Å². The number of halogens is 1. The van der Waals surface area contributed by atoms with E-state index in [0.29, 0.717) is 11.3 Å². The minimum absolute atomic E-state index is 0.0813. The number of hydrogen-bond donors (Lipinski definition) is 2. The van der Waals surface area contributed by atoms with Crippen LogP contribution in [0.2, 0.25) is 0 Å². The molecule has 0 aliphatic heterocycles. The van der Waals surface area contributed by atoms with E-state index in [-0.39, 0.29) is 18.3 Å². The summed E-state index contributed by atoms with van der Waals surface area (Å²) in [6.07, 6.45) is 1.37. The fourth-order valence-corrected chi connectivity index (χ4v) is 2.22. The molecule has 0 aliphatic carbocycles. The normalized spacial score (nSPS) is 10.7. The monoisotopic (exact) mass is 376 g/mol. The molecule has 2 aromatic carbocycles. The standard InChI is InChI=1S/C17H17BrN2O3/c1-11-3-4-12(2)16(7-11)23-10-17(22)20-19-9-13-8-14(18)5-6-15(13)21/h3-9,21H,10H2,1-2H3,(H,20,22)/b19-9+. The van der Waals surface area contributed by atoms with Crippen molar-refractivity contribution in [2.75, 3.05) is 6.61 Å². The lowest BCUT2D eigenvalue weighted by Gasteiger charge is -2.08. The van der Waals surface area contributed by atoms with Gasteiger partial charge in [0.15, 0.2) is 6.61 Å². The molecule has 120 valence electrons. The number of phenolic OH excluding ortho intramolecular Hbond substituents is 1. The van der Waals surface area contributed by atoms with Crippen LogP contribution in [0.3, 0.4) is 0 Å². The number of rotatable bonds is 5. The lowest BCUT2D eigenvalue weighted by atomic mass is 10.1. The van der Waals surface area contributed by atoms with Crippen LogP contribution < -0.4 is 10.2 Å². The first-order valence-corrected chi connectivity index (χ1v) is 7.75. The molecule has 0 aromatic heterocycles. The van der Waals surface area contributed by atoms with Crippen molar-refractivity contribution in [2.24, 2.45) is 5.10 Å². The summed E-state index contributed by atoms with van der Waals surface area (Å²) in [5.41, 5.74) is 4.88. The molecule has 0 unspecified atom stereocenters. The Labute approximate surface area is 143 Å². The number of nitrogens with zero attached hydrogens (tertiary/aromatic N) is 1. The van der Waals surface area contributed by atoms with Crippen molar-refractivity contribution >= 4 is 28.1 Å². The summed E-state index contributed by atoms with van der Waals surface area (Å²) in [5, 5.41) is 13.5. The van der Waals surface area contributed by atoms with Crippen LogP contribution in [0.25, 0.3) is 0 Å². The number of carbonyl (C=O) groups is 1. The van der Waals surface area contributed by atoms with Crippen molar-refractivity contribution in [3.8, 4) is 11.5 Å². The van der Waals surface area contributed by atoms with Crippen LogP contribution in [0.4, 0.5) is 0 Å². The van der Waals surface area contributed by atoms with Crippen LogP contribution in [0, 0.1) is 13.8 Å². The number of ether oxygens (including phenoxy) is 1. The third-order valence-electron chi connectivity index (χ3n) is 3.08.